The molecule has 0 aliphatic rings. The zero-order chi connectivity index (χ0) is 15.9. The molecule has 1 rings (SSSR count). The minimum atomic E-state index is -3.48. The lowest BCUT2D eigenvalue weighted by molar-refractivity contribution is 0.305. The number of sulfonamides is 1. The van der Waals surface area contributed by atoms with Gasteiger partial charge in [-0.05, 0) is 36.9 Å². The van der Waals surface area contributed by atoms with E-state index in [-0.39, 0.29) is 16.8 Å². The van der Waals surface area contributed by atoms with E-state index in [0.717, 1.165) is 11.1 Å². The van der Waals surface area contributed by atoms with Crippen LogP contribution in [-0.4, -0.2) is 38.2 Å². The molecule has 0 amide bonds. The van der Waals surface area contributed by atoms with Gasteiger partial charge in [0.15, 0.2) is 0 Å². The molecule has 0 saturated heterocycles. The Kier molecular flexibility index (Phi) is 7.26. The molecule has 0 aromatic heterocycles. The van der Waals surface area contributed by atoms with Gasteiger partial charge in [-0.15, -0.1) is 0 Å². The van der Waals surface area contributed by atoms with E-state index < -0.39 is 10.0 Å². The highest BCUT2D eigenvalue weighted by atomic mass is 32.2. The van der Waals surface area contributed by atoms with E-state index in [1.54, 1.807) is 30.0 Å². The number of hydrogen-bond donors (Lipinski definition) is 2. The van der Waals surface area contributed by atoms with Crippen LogP contribution in [0, 0.1) is 18.8 Å². The van der Waals surface area contributed by atoms with Crippen molar-refractivity contribution in [3.05, 3.63) is 29.3 Å². The van der Waals surface area contributed by atoms with E-state index in [9.17, 15) is 8.42 Å². The van der Waals surface area contributed by atoms with Crippen LogP contribution in [0.5, 0.6) is 0 Å². The second-order valence-electron chi connectivity index (χ2n) is 4.65. The molecule has 0 saturated carbocycles. The van der Waals surface area contributed by atoms with Gasteiger partial charge in [-0.1, -0.05) is 18.8 Å². The number of thioether (sulfide) groups is 1. The average Bonchev–Trinajstić information content (AvgIpc) is 2.46. The van der Waals surface area contributed by atoms with Crippen LogP contribution in [-0.2, 0) is 10.0 Å². The Balaban J connectivity index is 2.90. The molecule has 1 atom stereocenters. The number of benzene rings is 1. The van der Waals surface area contributed by atoms with Gasteiger partial charge in [-0.25, -0.2) is 13.1 Å². The van der Waals surface area contributed by atoms with Gasteiger partial charge in [0.2, 0.25) is 10.0 Å². The van der Waals surface area contributed by atoms with Crippen LogP contribution >= 0.6 is 11.8 Å². The minimum absolute atomic E-state index is 0.0239. The molecule has 1 aromatic carbocycles. The van der Waals surface area contributed by atoms with E-state index in [1.165, 1.54) is 0 Å². The second kappa shape index (κ2) is 8.44. The van der Waals surface area contributed by atoms with Crippen LogP contribution in [0.25, 0.3) is 0 Å². The van der Waals surface area contributed by atoms with E-state index in [2.05, 4.69) is 16.6 Å². The molecule has 116 valence electrons. The number of rotatable bonds is 6. The number of aryl methyl sites for hydroxylation is 1. The summed E-state index contributed by atoms with van der Waals surface area (Å²) >= 11 is 1.61. The fraction of sp³-hybridized carbons (Fsp3) is 0.467. The van der Waals surface area contributed by atoms with Crippen LogP contribution in [0.1, 0.15) is 24.5 Å². The number of hydrogen-bond acceptors (Lipinski definition) is 4. The predicted octanol–water partition coefficient (Wildman–Crippen LogP) is 1.76. The van der Waals surface area contributed by atoms with Crippen LogP contribution in [0.3, 0.4) is 0 Å². The Labute approximate surface area is 131 Å². The largest absolute Gasteiger partial charge is 0.395 e. The Bertz CT molecular complexity index is 630. The standard InChI is InChI=1S/C15H21NO3S2/c1-12-10-15(8-7-14(12)6-4-5-9-17)21(18,19)16-11-13(2)20-3/h7-8,10,13,16-17H,5,9,11H2,1-3H3. The fourth-order valence-electron chi connectivity index (χ4n) is 1.55. The monoisotopic (exact) mass is 327 g/mol. The van der Waals surface area contributed by atoms with Gasteiger partial charge in [-0.2, -0.15) is 11.8 Å². The smallest absolute Gasteiger partial charge is 0.240 e. The first-order chi connectivity index (χ1) is 9.90. The Hall–Kier alpha value is -1.00. The third-order valence-corrected chi connectivity index (χ3v) is 5.32. The lowest BCUT2D eigenvalue weighted by atomic mass is 10.1. The van der Waals surface area contributed by atoms with Crippen LogP contribution in [0.4, 0.5) is 0 Å². The Morgan fingerprint density at radius 2 is 2.14 bits per heavy atom. The molecule has 0 bridgehead atoms. The van der Waals surface area contributed by atoms with Gasteiger partial charge in [-0.3, -0.25) is 0 Å². The predicted molar refractivity (Wildman–Crippen MR) is 87.9 cm³/mol. The first-order valence-corrected chi connectivity index (χ1v) is 9.40. The van der Waals surface area contributed by atoms with E-state index >= 15 is 0 Å². The van der Waals surface area contributed by atoms with Crippen molar-refractivity contribution in [1.82, 2.24) is 4.72 Å². The normalized spacial score (nSPS) is 12.6. The molecule has 0 aliphatic heterocycles. The van der Waals surface area contributed by atoms with Crippen LogP contribution in [0.2, 0.25) is 0 Å². The molecule has 0 radical (unpaired) electrons. The first-order valence-electron chi connectivity index (χ1n) is 6.63. The van der Waals surface area contributed by atoms with E-state index in [0.29, 0.717) is 13.0 Å². The number of aliphatic hydroxyl groups is 1. The molecule has 2 N–H and O–H groups in total. The number of aliphatic hydroxyl groups excluding tert-OH is 1. The lowest BCUT2D eigenvalue weighted by Crippen LogP contribution is -2.29. The summed E-state index contributed by atoms with van der Waals surface area (Å²) in [5, 5.41) is 8.92. The van der Waals surface area contributed by atoms with Gasteiger partial charge in [0.25, 0.3) is 0 Å². The van der Waals surface area contributed by atoms with Crippen molar-refractivity contribution < 1.29 is 13.5 Å². The summed E-state index contributed by atoms with van der Waals surface area (Å²) in [5.74, 6) is 5.75. The highest BCUT2D eigenvalue weighted by molar-refractivity contribution is 7.99. The number of nitrogens with one attached hydrogen (secondary N) is 1. The Morgan fingerprint density at radius 1 is 1.43 bits per heavy atom. The zero-order valence-electron chi connectivity index (χ0n) is 12.5. The summed E-state index contributed by atoms with van der Waals surface area (Å²) in [5.41, 5.74) is 1.58. The first kappa shape index (κ1) is 18.1. The third-order valence-electron chi connectivity index (χ3n) is 2.93. The van der Waals surface area contributed by atoms with Crippen molar-refractivity contribution in [3.63, 3.8) is 0 Å². The molecule has 1 aromatic rings. The summed E-state index contributed by atoms with van der Waals surface area (Å²) in [6.45, 7) is 4.22. The molecule has 6 heteroatoms. The van der Waals surface area contributed by atoms with Crippen molar-refractivity contribution in [3.8, 4) is 11.8 Å². The maximum atomic E-state index is 12.2. The van der Waals surface area contributed by atoms with Gasteiger partial charge >= 0.3 is 0 Å². The summed E-state index contributed by atoms with van der Waals surface area (Å²) in [6, 6.07) is 4.88. The van der Waals surface area contributed by atoms with Crippen LogP contribution < -0.4 is 4.72 Å². The molecule has 21 heavy (non-hydrogen) atoms. The molecular weight excluding hydrogens is 306 g/mol. The quantitative estimate of drug-likeness (QED) is 0.781. The van der Waals surface area contributed by atoms with Crippen molar-refractivity contribution in [2.45, 2.75) is 30.4 Å². The molecule has 1 unspecified atom stereocenters. The summed E-state index contributed by atoms with van der Waals surface area (Å²) in [4.78, 5) is 0.251. The van der Waals surface area contributed by atoms with Crippen molar-refractivity contribution in [2.75, 3.05) is 19.4 Å². The SMILES string of the molecule is CSC(C)CNS(=O)(=O)c1ccc(C#CCCO)c(C)c1. The zero-order valence-corrected chi connectivity index (χ0v) is 14.1. The summed E-state index contributed by atoms with van der Waals surface area (Å²) < 4.78 is 27.0. The van der Waals surface area contributed by atoms with Crippen molar-refractivity contribution in [1.29, 1.82) is 0 Å². The molecule has 0 fully saturated rings. The topological polar surface area (TPSA) is 66.4 Å². The van der Waals surface area contributed by atoms with E-state index in [4.69, 9.17) is 5.11 Å². The highest BCUT2D eigenvalue weighted by Crippen LogP contribution is 2.15. The van der Waals surface area contributed by atoms with Crippen molar-refractivity contribution in [2.24, 2.45) is 0 Å². The third kappa shape index (κ3) is 5.71. The summed E-state index contributed by atoms with van der Waals surface area (Å²) in [6.07, 6.45) is 2.36. The molecule has 0 heterocycles. The molecule has 0 spiro atoms. The summed E-state index contributed by atoms with van der Waals surface area (Å²) in [7, 11) is -3.48. The molecule has 0 aliphatic carbocycles. The maximum Gasteiger partial charge on any atom is 0.240 e. The van der Waals surface area contributed by atoms with Crippen LogP contribution in [0.15, 0.2) is 23.1 Å². The average molecular weight is 327 g/mol. The van der Waals surface area contributed by atoms with Gasteiger partial charge in [0.05, 0.1) is 11.5 Å². The van der Waals surface area contributed by atoms with Crippen molar-refractivity contribution >= 4 is 21.8 Å². The second-order valence-corrected chi connectivity index (χ2v) is 7.69. The molecular formula is C15H21NO3S2. The minimum Gasteiger partial charge on any atom is -0.395 e. The van der Waals surface area contributed by atoms with Gasteiger partial charge < -0.3 is 5.11 Å². The van der Waals surface area contributed by atoms with Gasteiger partial charge in [0.1, 0.15) is 0 Å². The Morgan fingerprint density at radius 3 is 2.71 bits per heavy atom. The lowest BCUT2D eigenvalue weighted by Gasteiger charge is -2.11. The highest BCUT2D eigenvalue weighted by Gasteiger charge is 2.15. The van der Waals surface area contributed by atoms with Gasteiger partial charge in [0, 0.05) is 23.8 Å². The van der Waals surface area contributed by atoms with E-state index in [1.807, 2.05) is 20.1 Å². The maximum absolute atomic E-state index is 12.2. The fourth-order valence-corrected chi connectivity index (χ4v) is 3.12. The molecule has 4 nitrogen and oxygen atoms in total.